The molecule has 0 bridgehead atoms. The van der Waals surface area contributed by atoms with Crippen molar-refractivity contribution in [3.8, 4) is 0 Å². The quantitative estimate of drug-likeness (QED) is 0.862. The van der Waals surface area contributed by atoms with Gasteiger partial charge in [0.05, 0.1) is 0 Å². The van der Waals surface area contributed by atoms with Gasteiger partial charge in [0.1, 0.15) is 0 Å². The molecule has 0 aromatic heterocycles. The van der Waals surface area contributed by atoms with Crippen LogP contribution in [0.3, 0.4) is 0 Å². The van der Waals surface area contributed by atoms with E-state index in [9.17, 15) is 4.79 Å². The number of halogens is 1. The van der Waals surface area contributed by atoms with Gasteiger partial charge in [0, 0.05) is 23.7 Å². The lowest BCUT2D eigenvalue weighted by Gasteiger charge is -2.23. The summed E-state index contributed by atoms with van der Waals surface area (Å²) in [5, 5.41) is 0.641. The average molecular weight is 269 g/mol. The Hall–Kier alpha value is -1.06. The molecular weight excluding hydrogens is 248 g/mol. The second-order valence-corrected chi connectivity index (χ2v) is 5.20. The molecule has 0 saturated heterocycles. The predicted molar refractivity (Wildman–Crippen MR) is 76.9 cm³/mol. The normalized spacial score (nSPS) is 10.7. The minimum atomic E-state index is 0.126. The number of nitrogens with two attached hydrogens (primary N) is 1. The Bertz CT molecular complexity index is 393. The summed E-state index contributed by atoms with van der Waals surface area (Å²) >= 11 is 5.97. The first-order valence-electron chi connectivity index (χ1n) is 6.30. The third-order valence-corrected chi connectivity index (χ3v) is 2.82. The predicted octanol–water partition coefficient (Wildman–Crippen LogP) is 3.07. The van der Waals surface area contributed by atoms with Crippen molar-refractivity contribution < 1.29 is 4.79 Å². The number of hydrogen-bond acceptors (Lipinski definition) is 2. The van der Waals surface area contributed by atoms with Gasteiger partial charge in [0.2, 0.25) is 5.91 Å². The molecule has 1 aromatic carbocycles. The first-order valence-corrected chi connectivity index (χ1v) is 6.68. The number of nitrogens with zero attached hydrogens (tertiary/aromatic N) is 1. The Morgan fingerprint density at radius 2 is 2.17 bits per heavy atom. The van der Waals surface area contributed by atoms with Crippen LogP contribution in [0.4, 0.5) is 5.69 Å². The maximum Gasteiger partial charge on any atom is 0.227 e. The lowest BCUT2D eigenvalue weighted by molar-refractivity contribution is -0.119. The zero-order valence-electron chi connectivity index (χ0n) is 11.0. The van der Waals surface area contributed by atoms with Gasteiger partial charge in [-0.15, -0.1) is 0 Å². The molecule has 3 nitrogen and oxygen atoms in total. The molecule has 18 heavy (non-hydrogen) atoms. The third-order valence-electron chi connectivity index (χ3n) is 2.59. The zero-order valence-corrected chi connectivity index (χ0v) is 11.8. The minimum Gasteiger partial charge on any atom is -0.330 e. The van der Waals surface area contributed by atoms with Crippen molar-refractivity contribution in [2.75, 3.05) is 18.0 Å². The van der Waals surface area contributed by atoms with E-state index in [-0.39, 0.29) is 5.91 Å². The van der Waals surface area contributed by atoms with E-state index in [1.165, 1.54) is 0 Å². The Balaban J connectivity index is 2.86. The smallest absolute Gasteiger partial charge is 0.227 e. The van der Waals surface area contributed by atoms with Crippen molar-refractivity contribution in [3.63, 3.8) is 0 Å². The molecule has 0 heterocycles. The van der Waals surface area contributed by atoms with E-state index in [4.69, 9.17) is 17.3 Å². The van der Waals surface area contributed by atoms with Gasteiger partial charge in [-0.05, 0) is 37.1 Å². The van der Waals surface area contributed by atoms with Crippen molar-refractivity contribution in [2.24, 2.45) is 11.7 Å². The lowest BCUT2D eigenvalue weighted by Crippen LogP contribution is -2.33. The molecule has 0 spiro atoms. The molecule has 0 aliphatic heterocycles. The van der Waals surface area contributed by atoms with Gasteiger partial charge in [-0.1, -0.05) is 31.5 Å². The summed E-state index contributed by atoms with van der Waals surface area (Å²) in [4.78, 5) is 14.0. The van der Waals surface area contributed by atoms with E-state index in [0.717, 1.165) is 12.1 Å². The molecule has 0 aliphatic carbocycles. The fraction of sp³-hybridized carbons (Fsp3) is 0.500. The van der Waals surface area contributed by atoms with Crippen LogP contribution in [0.1, 0.15) is 26.7 Å². The van der Waals surface area contributed by atoms with Gasteiger partial charge in [0.25, 0.3) is 0 Å². The van der Waals surface area contributed by atoms with Crippen LogP contribution in [0.2, 0.25) is 5.02 Å². The van der Waals surface area contributed by atoms with Crippen LogP contribution < -0.4 is 10.6 Å². The fourth-order valence-electron chi connectivity index (χ4n) is 1.75. The van der Waals surface area contributed by atoms with Crippen LogP contribution in [0.5, 0.6) is 0 Å². The molecular formula is C14H21ClN2O. The first kappa shape index (κ1) is 15.0. The van der Waals surface area contributed by atoms with E-state index >= 15 is 0 Å². The topological polar surface area (TPSA) is 46.3 Å². The molecule has 2 N–H and O–H groups in total. The standard InChI is InChI=1S/C14H21ClN2O/c1-11(2)9-14(18)17(8-4-7-16)13-6-3-5-12(15)10-13/h3,5-6,10-11H,4,7-9,16H2,1-2H3. The molecule has 100 valence electrons. The van der Waals surface area contributed by atoms with Crippen LogP contribution >= 0.6 is 11.6 Å². The summed E-state index contributed by atoms with van der Waals surface area (Å²) in [5.74, 6) is 0.470. The number of amides is 1. The molecule has 0 saturated carbocycles. The molecule has 0 unspecified atom stereocenters. The van der Waals surface area contributed by atoms with Gasteiger partial charge in [-0.2, -0.15) is 0 Å². The van der Waals surface area contributed by atoms with Crippen molar-refractivity contribution in [3.05, 3.63) is 29.3 Å². The molecule has 0 atom stereocenters. The highest BCUT2D eigenvalue weighted by atomic mass is 35.5. The van der Waals surface area contributed by atoms with Gasteiger partial charge >= 0.3 is 0 Å². The van der Waals surface area contributed by atoms with Crippen molar-refractivity contribution >= 4 is 23.2 Å². The molecule has 0 fully saturated rings. The number of benzene rings is 1. The Labute approximate surface area is 114 Å². The molecule has 4 heteroatoms. The Kier molecular flexibility index (Phi) is 6.16. The molecule has 0 radical (unpaired) electrons. The van der Waals surface area contributed by atoms with E-state index in [2.05, 4.69) is 0 Å². The zero-order chi connectivity index (χ0) is 13.5. The van der Waals surface area contributed by atoms with E-state index < -0.39 is 0 Å². The van der Waals surface area contributed by atoms with Crippen LogP contribution in [-0.4, -0.2) is 19.0 Å². The highest BCUT2D eigenvalue weighted by Gasteiger charge is 2.16. The van der Waals surface area contributed by atoms with Crippen molar-refractivity contribution in [1.82, 2.24) is 0 Å². The monoisotopic (exact) mass is 268 g/mol. The number of hydrogen-bond donors (Lipinski definition) is 1. The Morgan fingerprint density at radius 1 is 1.44 bits per heavy atom. The fourth-order valence-corrected chi connectivity index (χ4v) is 1.94. The molecule has 1 amide bonds. The van der Waals surface area contributed by atoms with Crippen LogP contribution in [0.25, 0.3) is 0 Å². The highest BCUT2D eigenvalue weighted by molar-refractivity contribution is 6.30. The largest absolute Gasteiger partial charge is 0.330 e. The first-order chi connectivity index (χ1) is 8.54. The number of rotatable bonds is 6. The summed E-state index contributed by atoms with van der Waals surface area (Å²) in [6, 6.07) is 7.38. The van der Waals surface area contributed by atoms with Crippen LogP contribution in [0.15, 0.2) is 24.3 Å². The highest BCUT2D eigenvalue weighted by Crippen LogP contribution is 2.21. The molecule has 0 aliphatic rings. The summed E-state index contributed by atoms with van der Waals surface area (Å²) in [6.07, 6.45) is 1.33. The molecule has 1 aromatic rings. The second kappa shape index (κ2) is 7.39. The molecule has 1 rings (SSSR count). The van der Waals surface area contributed by atoms with E-state index in [1.54, 1.807) is 11.0 Å². The second-order valence-electron chi connectivity index (χ2n) is 4.77. The van der Waals surface area contributed by atoms with Crippen molar-refractivity contribution in [1.29, 1.82) is 0 Å². The maximum atomic E-state index is 12.2. The van der Waals surface area contributed by atoms with E-state index in [0.29, 0.717) is 30.5 Å². The minimum absolute atomic E-state index is 0.126. The maximum absolute atomic E-state index is 12.2. The van der Waals surface area contributed by atoms with Gasteiger partial charge in [0.15, 0.2) is 0 Å². The average Bonchev–Trinajstić information content (AvgIpc) is 2.28. The third kappa shape index (κ3) is 4.67. The summed E-state index contributed by atoms with van der Waals surface area (Å²) in [6.45, 7) is 5.29. The SMILES string of the molecule is CC(C)CC(=O)N(CCCN)c1cccc(Cl)c1. The van der Waals surface area contributed by atoms with E-state index in [1.807, 2.05) is 32.0 Å². The number of carbonyl (C=O) groups is 1. The Morgan fingerprint density at radius 3 is 2.72 bits per heavy atom. The summed E-state index contributed by atoms with van der Waals surface area (Å²) in [5.41, 5.74) is 6.37. The summed E-state index contributed by atoms with van der Waals surface area (Å²) in [7, 11) is 0. The van der Waals surface area contributed by atoms with Gasteiger partial charge < -0.3 is 10.6 Å². The number of anilines is 1. The van der Waals surface area contributed by atoms with Crippen LogP contribution in [0, 0.1) is 5.92 Å². The van der Waals surface area contributed by atoms with Gasteiger partial charge in [-0.25, -0.2) is 0 Å². The number of carbonyl (C=O) groups excluding carboxylic acids is 1. The summed E-state index contributed by atoms with van der Waals surface area (Å²) < 4.78 is 0. The van der Waals surface area contributed by atoms with Gasteiger partial charge in [-0.3, -0.25) is 4.79 Å². The van der Waals surface area contributed by atoms with Crippen molar-refractivity contribution in [2.45, 2.75) is 26.7 Å². The lowest BCUT2D eigenvalue weighted by atomic mass is 10.1. The van der Waals surface area contributed by atoms with Crippen LogP contribution in [-0.2, 0) is 4.79 Å².